The van der Waals surface area contributed by atoms with Crippen molar-refractivity contribution in [1.82, 2.24) is 4.72 Å². The molecule has 1 N–H and O–H groups in total. The van der Waals surface area contributed by atoms with E-state index in [0.29, 0.717) is 4.90 Å². The van der Waals surface area contributed by atoms with Crippen LogP contribution < -0.4 is 4.72 Å². The Bertz CT molecular complexity index is 332. The molecule has 0 aliphatic carbocycles. The van der Waals surface area contributed by atoms with Gasteiger partial charge in [0.05, 0.1) is 4.90 Å². The maximum atomic E-state index is 13.0. The molecule has 1 amide bonds. The lowest BCUT2D eigenvalue weighted by atomic mass is 10.2. The molecule has 0 spiro atoms. The first-order chi connectivity index (χ1) is 6.09. The number of hydrogen-bond acceptors (Lipinski definition) is 2. The standard InChI is InChI=1S/C8H7ClFNOS/c1-5-2-3-6(10)7(4-5)13-11-8(9)12/h2-4H,1H3,(H,11,12). The van der Waals surface area contributed by atoms with Crippen molar-refractivity contribution in [2.24, 2.45) is 0 Å². The second kappa shape index (κ2) is 4.48. The summed E-state index contributed by atoms with van der Waals surface area (Å²) in [6.07, 6.45) is 0. The summed E-state index contributed by atoms with van der Waals surface area (Å²) in [4.78, 5) is 10.7. The van der Waals surface area contributed by atoms with Gasteiger partial charge in [-0.15, -0.1) is 0 Å². The van der Waals surface area contributed by atoms with Crippen LogP contribution in [0.15, 0.2) is 23.1 Å². The molecule has 0 bridgehead atoms. The van der Waals surface area contributed by atoms with Crippen LogP contribution in [-0.2, 0) is 0 Å². The van der Waals surface area contributed by atoms with Gasteiger partial charge in [-0.25, -0.2) is 4.39 Å². The molecule has 1 rings (SSSR count). The van der Waals surface area contributed by atoms with Crippen molar-refractivity contribution in [3.05, 3.63) is 29.6 Å². The summed E-state index contributed by atoms with van der Waals surface area (Å²) < 4.78 is 15.2. The molecule has 2 nitrogen and oxygen atoms in total. The Morgan fingerprint density at radius 1 is 1.62 bits per heavy atom. The summed E-state index contributed by atoms with van der Waals surface area (Å²) in [7, 11) is 0. The average molecular weight is 220 g/mol. The molecule has 0 heterocycles. The number of rotatable bonds is 2. The van der Waals surface area contributed by atoms with Crippen LogP contribution in [0, 0.1) is 12.7 Å². The predicted molar refractivity (Wildman–Crippen MR) is 51.4 cm³/mol. The molecular formula is C8H7ClFNOS. The van der Waals surface area contributed by atoms with Gasteiger partial charge in [0, 0.05) is 0 Å². The fourth-order valence-corrected chi connectivity index (χ4v) is 1.50. The van der Waals surface area contributed by atoms with Crippen LogP contribution in [0.1, 0.15) is 5.56 Å². The van der Waals surface area contributed by atoms with Gasteiger partial charge in [0.1, 0.15) is 5.82 Å². The van der Waals surface area contributed by atoms with Crippen molar-refractivity contribution in [1.29, 1.82) is 0 Å². The summed E-state index contributed by atoms with van der Waals surface area (Å²) in [5.41, 5.74) is 0.924. The molecular weight excluding hydrogens is 213 g/mol. The summed E-state index contributed by atoms with van der Waals surface area (Å²) in [6, 6.07) is 4.63. The minimum atomic E-state index is -0.717. The van der Waals surface area contributed by atoms with Gasteiger partial charge in [-0.05, 0) is 48.2 Å². The van der Waals surface area contributed by atoms with E-state index in [1.165, 1.54) is 6.07 Å². The van der Waals surface area contributed by atoms with E-state index in [4.69, 9.17) is 11.6 Å². The topological polar surface area (TPSA) is 29.1 Å². The molecule has 1 aromatic rings. The molecule has 0 unspecified atom stereocenters. The average Bonchev–Trinajstić information content (AvgIpc) is 2.06. The smallest absolute Gasteiger partial charge is 0.282 e. The molecule has 0 saturated carbocycles. The molecule has 0 radical (unpaired) electrons. The number of hydrogen-bond donors (Lipinski definition) is 1. The highest BCUT2D eigenvalue weighted by Gasteiger charge is 2.03. The summed E-state index contributed by atoms with van der Waals surface area (Å²) in [6.45, 7) is 1.84. The number of amides is 1. The summed E-state index contributed by atoms with van der Waals surface area (Å²) >= 11 is 5.89. The Kier molecular flexibility index (Phi) is 3.57. The van der Waals surface area contributed by atoms with Gasteiger partial charge >= 0.3 is 5.37 Å². The summed E-state index contributed by atoms with van der Waals surface area (Å²) in [5, 5.41) is -0.717. The Morgan fingerprint density at radius 2 is 2.31 bits per heavy atom. The number of carbonyl (C=O) groups excluding carboxylic acids is 1. The fourth-order valence-electron chi connectivity index (χ4n) is 0.784. The van der Waals surface area contributed by atoms with E-state index in [0.717, 1.165) is 17.5 Å². The molecule has 0 atom stereocenters. The van der Waals surface area contributed by atoms with Crippen LogP contribution in [0.3, 0.4) is 0 Å². The van der Waals surface area contributed by atoms with Crippen LogP contribution in [0.4, 0.5) is 9.18 Å². The van der Waals surface area contributed by atoms with Gasteiger partial charge in [-0.3, -0.25) is 9.52 Å². The van der Waals surface area contributed by atoms with Gasteiger partial charge in [0.15, 0.2) is 0 Å². The van der Waals surface area contributed by atoms with E-state index in [2.05, 4.69) is 4.72 Å². The minimum Gasteiger partial charge on any atom is -0.282 e. The second-order valence-electron chi connectivity index (χ2n) is 2.41. The Labute approximate surface area is 84.6 Å². The van der Waals surface area contributed by atoms with Gasteiger partial charge in [0.2, 0.25) is 0 Å². The quantitative estimate of drug-likeness (QED) is 0.471. The van der Waals surface area contributed by atoms with Crippen molar-refractivity contribution >= 4 is 28.9 Å². The van der Waals surface area contributed by atoms with Gasteiger partial charge in [-0.2, -0.15) is 0 Å². The molecule has 0 saturated heterocycles. The lowest BCUT2D eigenvalue weighted by molar-refractivity contribution is 0.264. The Morgan fingerprint density at radius 3 is 2.92 bits per heavy atom. The first-order valence-electron chi connectivity index (χ1n) is 3.48. The van der Waals surface area contributed by atoms with Crippen LogP contribution in [-0.4, -0.2) is 5.37 Å². The van der Waals surface area contributed by atoms with E-state index in [-0.39, 0.29) is 5.82 Å². The van der Waals surface area contributed by atoms with Crippen molar-refractivity contribution in [3.8, 4) is 0 Å². The monoisotopic (exact) mass is 219 g/mol. The molecule has 0 fully saturated rings. The van der Waals surface area contributed by atoms with Crippen LogP contribution >= 0.6 is 23.5 Å². The lowest BCUT2D eigenvalue weighted by Crippen LogP contribution is -2.05. The number of carbonyl (C=O) groups is 1. The van der Waals surface area contributed by atoms with Crippen molar-refractivity contribution < 1.29 is 9.18 Å². The molecule has 0 aromatic heterocycles. The van der Waals surface area contributed by atoms with Gasteiger partial charge < -0.3 is 0 Å². The zero-order chi connectivity index (χ0) is 9.84. The van der Waals surface area contributed by atoms with Crippen LogP contribution in [0.2, 0.25) is 0 Å². The maximum Gasteiger partial charge on any atom is 0.323 e. The fraction of sp³-hybridized carbons (Fsp3) is 0.125. The molecule has 13 heavy (non-hydrogen) atoms. The number of aryl methyl sites for hydroxylation is 1. The first-order valence-corrected chi connectivity index (χ1v) is 4.67. The number of halogens is 2. The molecule has 0 aliphatic heterocycles. The van der Waals surface area contributed by atoms with Crippen molar-refractivity contribution in [2.75, 3.05) is 0 Å². The first kappa shape index (κ1) is 10.3. The third-order valence-electron chi connectivity index (χ3n) is 1.33. The number of benzene rings is 1. The molecule has 0 aliphatic rings. The zero-order valence-corrected chi connectivity index (χ0v) is 8.38. The molecule has 1 aromatic carbocycles. The Balaban J connectivity index is 2.75. The van der Waals surface area contributed by atoms with Crippen molar-refractivity contribution in [3.63, 3.8) is 0 Å². The Hall–Kier alpha value is -0.740. The molecule has 70 valence electrons. The van der Waals surface area contributed by atoms with Crippen LogP contribution in [0.5, 0.6) is 0 Å². The SMILES string of the molecule is Cc1ccc(F)c(SNC(=O)Cl)c1. The highest BCUT2D eigenvalue weighted by Crippen LogP contribution is 2.20. The van der Waals surface area contributed by atoms with Crippen LogP contribution in [0.25, 0.3) is 0 Å². The zero-order valence-electron chi connectivity index (χ0n) is 6.80. The van der Waals surface area contributed by atoms with Crippen molar-refractivity contribution in [2.45, 2.75) is 11.8 Å². The maximum absolute atomic E-state index is 13.0. The van der Waals surface area contributed by atoms with E-state index < -0.39 is 5.37 Å². The second-order valence-corrected chi connectivity index (χ2v) is 3.60. The number of nitrogens with one attached hydrogen (secondary N) is 1. The highest BCUT2D eigenvalue weighted by atomic mass is 35.5. The largest absolute Gasteiger partial charge is 0.323 e. The van der Waals surface area contributed by atoms with Gasteiger partial charge in [0.25, 0.3) is 0 Å². The van der Waals surface area contributed by atoms with E-state index in [9.17, 15) is 9.18 Å². The molecule has 5 heteroatoms. The van der Waals surface area contributed by atoms with Gasteiger partial charge in [-0.1, -0.05) is 6.07 Å². The summed E-state index contributed by atoms with van der Waals surface area (Å²) in [5.74, 6) is -0.374. The van der Waals surface area contributed by atoms with E-state index >= 15 is 0 Å². The third-order valence-corrected chi connectivity index (χ3v) is 2.35. The normalized spacial score (nSPS) is 9.77. The lowest BCUT2D eigenvalue weighted by Gasteiger charge is -2.02. The minimum absolute atomic E-state index is 0.356. The third kappa shape index (κ3) is 3.24. The predicted octanol–water partition coefficient (Wildman–Crippen LogP) is 3.09. The highest BCUT2D eigenvalue weighted by molar-refractivity contribution is 7.98. The van der Waals surface area contributed by atoms with E-state index in [1.807, 2.05) is 6.92 Å². The van der Waals surface area contributed by atoms with E-state index in [1.54, 1.807) is 12.1 Å².